The molecule has 0 amide bonds. The SMILES string of the molecule is CCCC(CCC(C)C(C)Cc1cnc(-c2ccccc2)[nH]1)C(=O)c1ccccc1. The van der Waals surface area contributed by atoms with Crippen LogP contribution in [-0.2, 0) is 6.42 Å². The standard InChI is InChI=1S/C27H34N2O/c1-4-11-22(26(30)23-12-7-5-8-13-23)17-16-20(2)21(3)18-25-19-28-27(29-25)24-14-9-6-10-15-24/h5-10,12-15,19-22H,4,11,16-18H2,1-3H3,(H,28,29). The van der Waals surface area contributed by atoms with Gasteiger partial charge in [0.2, 0.25) is 0 Å². The largest absolute Gasteiger partial charge is 0.342 e. The number of carbonyl (C=O) groups is 1. The smallest absolute Gasteiger partial charge is 0.165 e. The van der Waals surface area contributed by atoms with Crippen molar-refractivity contribution in [2.75, 3.05) is 0 Å². The molecule has 0 bridgehead atoms. The first-order valence-corrected chi connectivity index (χ1v) is 11.3. The highest BCUT2D eigenvalue weighted by Gasteiger charge is 2.22. The molecule has 3 unspecified atom stereocenters. The summed E-state index contributed by atoms with van der Waals surface area (Å²) in [7, 11) is 0. The molecule has 0 aliphatic carbocycles. The number of hydrogen-bond acceptors (Lipinski definition) is 2. The molecule has 3 atom stereocenters. The van der Waals surface area contributed by atoms with Crippen LogP contribution < -0.4 is 0 Å². The molecular formula is C27H34N2O. The molecule has 0 aliphatic heterocycles. The number of carbonyl (C=O) groups excluding carboxylic acids is 1. The van der Waals surface area contributed by atoms with E-state index in [-0.39, 0.29) is 5.92 Å². The molecule has 3 rings (SSSR count). The van der Waals surface area contributed by atoms with E-state index in [2.05, 4.69) is 42.9 Å². The maximum Gasteiger partial charge on any atom is 0.165 e. The van der Waals surface area contributed by atoms with Crippen LogP contribution in [-0.4, -0.2) is 15.8 Å². The van der Waals surface area contributed by atoms with E-state index < -0.39 is 0 Å². The Morgan fingerprint density at radius 1 is 0.900 bits per heavy atom. The lowest BCUT2D eigenvalue weighted by Gasteiger charge is -2.22. The van der Waals surface area contributed by atoms with Crippen LogP contribution in [0.15, 0.2) is 66.9 Å². The van der Waals surface area contributed by atoms with Gasteiger partial charge in [-0.25, -0.2) is 4.98 Å². The number of H-pyrrole nitrogens is 1. The number of aromatic nitrogens is 2. The average Bonchev–Trinajstić information content (AvgIpc) is 3.25. The Bertz CT molecular complexity index is 901. The molecule has 1 heterocycles. The maximum atomic E-state index is 12.9. The van der Waals surface area contributed by atoms with Crippen LogP contribution >= 0.6 is 0 Å². The van der Waals surface area contributed by atoms with Crippen LogP contribution in [0.25, 0.3) is 11.4 Å². The zero-order chi connectivity index (χ0) is 21.3. The number of aromatic amines is 1. The highest BCUT2D eigenvalue weighted by atomic mass is 16.1. The van der Waals surface area contributed by atoms with Crippen LogP contribution in [0, 0.1) is 17.8 Å². The molecule has 2 aromatic carbocycles. The van der Waals surface area contributed by atoms with Gasteiger partial charge in [0.25, 0.3) is 0 Å². The van der Waals surface area contributed by atoms with Gasteiger partial charge in [0.15, 0.2) is 5.78 Å². The number of benzene rings is 2. The van der Waals surface area contributed by atoms with E-state index >= 15 is 0 Å². The van der Waals surface area contributed by atoms with E-state index in [9.17, 15) is 4.79 Å². The lowest BCUT2D eigenvalue weighted by Crippen LogP contribution is -2.18. The Kier molecular flexibility index (Phi) is 8.01. The Hall–Kier alpha value is -2.68. The van der Waals surface area contributed by atoms with E-state index in [4.69, 9.17) is 0 Å². The first-order chi connectivity index (χ1) is 14.6. The first-order valence-electron chi connectivity index (χ1n) is 11.3. The topological polar surface area (TPSA) is 45.8 Å². The summed E-state index contributed by atoms with van der Waals surface area (Å²) < 4.78 is 0. The molecule has 0 radical (unpaired) electrons. The van der Waals surface area contributed by atoms with E-state index in [1.807, 2.05) is 54.7 Å². The van der Waals surface area contributed by atoms with Gasteiger partial charge in [-0.2, -0.15) is 0 Å². The minimum atomic E-state index is 0.129. The predicted octanol–water partition coefficient (Wildman–Crippen LogP) is 6.97. The minimum absolute atomic E-state index is 0.129. The number of nitrogens with one attached hydrogen (secondary N) is 1. The number of rotatable bonds is 11. The molecule has 0 aliphatic rings. The number of ketones is 1. The number of imidazole rings is 1. The van der Waals surface area contributed by atoms with Crippen molar-refractivity contribution in [1.82, 2.24) is 9.97 Å². The molecule has 0 fully saturated rings. The molecular weight excluding hydrogens is 368 g/mol. The summed E-state index contributed by atoms with van der Waals surface area (Å²) in [6, 6.07) is 20.0. The summed E-state index contributed by atoms with van der Waals surface area (Å²) in [6.45, 7) is 6.79. The van der Waals surface area contributed by atoms with Crippen LogP contribution in [0.2, 0.25) is 0 Å². The van der Waals surface area contributed by atoms with Gasteiger partial charge < -0.3 is 4.98 Å². The predicted molar refractivity (Wildman–Crippen MR) is 124 cm³/mol. The van der Waals surface area contributed by atoms with Crippen molar-refractivity contribution in [3.8, 4) is 11.4 Å². The summed E-state index contributed by atoms with van der Waals surface area (Å²) in [5.74, 6) is 2.45. The van der Waals surface area contributed by atoms with Gasteiger partial charge in [0.1, 0.15) is 5.82 Å². The van der Waals surface area contributed by atoms with Gasteiger partial charge in [-0.3, -0.25) is 4.79 Å². The molecule has 0 spiro atoms. The van der Waals surface area contributed by atoms with Crippen molar-refractivity contribution in [2.24, 2.45) is 17.8 Å². The summed E-state index contributed by atoms with van der Waals surface area (Å²) in [4.78, 5) is 21.0. The van der Waals surface area contributed by atoms with E-state index in [1.54, 1.807) is 0 Å². The molecule has 1 aromatic heterocycles. The molecule has 0 saturated carbocycles. The van der Waals surface area contributed by atoms with Crippen molar-refractivity contribution in [3.05, 3.63) is 78.1 Å². The normalized spacial score (nSPS) is 14.2. The second-order valence-electron chi connectivity index (χ2n) is 8.57. The fraction of sp³-hybridized carbons (Fsp3) is 0.407. The third-order valence-corrected chi connectivity index (χ3v) is 6.23. The van der Waals surface area contributed by atoms with Gasteiger partial charge in [0, 0.05) is 28.9 Å². The van der Waals surface area contributed by atoms with Crippen LogP contribution in [0.4, 0.5) is 0 Å². The van der Waals surface area contributed by atoms with Gasteiger partial charge in [-0.15, -0.1) is 0 Å². The zero-order valence-corrected chi connectivity index (χ0v) is 18.5. The Labute approximate surface area is 181 Å². The molecule has 30 heavy (non-hydrogen) atoms. The van der Waals surface area contributed by atoms with Crippen molar-refractivity contribution in [3.63, 3.8) is 0 Å². The second kappa shape index (κ2) is 10.9. The van der Waals surface area contributed by atoms with Crippen LogP contribution in [0.3, 0.4) is 0 Å². The Morgan fingerprint density at radius 3 is 2.23 bits per heavy atom. The monoisotopic (exact) mass is 402 g/mol. The fourth-order valence-electron chi connectivity index (χ4n) is 4.10. The average molecular weight is 403 g/mol. The highest BCUT2D eigenvalue weighted by Crippen LogP contribution is 2.27. The summed E-state index contributed by atoms with van der Waals surface area (Å²) >= 11 is 0. The van der Waals surface area contributed by atoms with E-state index in [1.165, 1.54) is 5.69 Å². The molecule has 3 aromatic rings. The third kappa shape index (κ3) is 5.91. The van der Waals surface area contributed by atoms with Crippen molar-refractivity contribution in [2.45, 2.75) is 52.9 Å². The Balaban J connectivity index is 1.55. The van der Waals surface area contributed by atoms with Gasteiger partial charge >= 0.3 is 0 Å². The molecule has 158 valence electrons. The lowest BCUT2D eigenvalue weighted by atomic mass is 9.82. The van der Waals surface area contributed by atoms with E-state index in [0.717, 1.165) is 49.1 Å². The summed E-state index contributed by atoms with van der Waals surface area (Å²) in [6.07, 6.45) is 6.99. The maximum absolute atomic E-state index is 12.9. The first kappa shape index (κ1) is 22.0. The second-order valence-corrected chi connectivity index (χ2v) is 8.57. The molecule has 3 nitrogen and oxygen atoms in total. The van der Waals surface area contributed by atoms with Crippen molar-refractivity contribution < 1.29 is 4.79 Å². The number of hydrogen-bond donors (Lipinski definition) is 1. The highest BCUT2D eigenvalue weighted by molar-refractivity contribution is 5.97. The number of Topliss-reactive ketones (excluding diaryl/α,β-unsaturated/α-hetero) is 1. The van der Waals surface area contributed by atoms with Gasteiger partial charge in [-0.1, -0.05) is 87.9 Å². The summed E-state index contributed by atoms with van der Waals surface area (Å²) in [5.41, 5.74) is 3.15. The summed E-state index contributed by atoms with van der Waals surface area (Å²) in [5, 5.41) is 0. The minimum Gasteiger partial charge on any atom is -0.342 e. The van der Waals surface area contributed by atoms with Crippen molar-refractivity contribution >= 4 is 5.78 Å². The molecule has 3 heteroatoms. The fourth-order valence-corrected chi connectivity index (χ4v) is 4.10. The van der Waals surface area contributed by atoms with E-state index in [0.29, 0.717) is 17.6 Å². The lowest BCUT2D eigenvalue weighted by molar-refractivity contribution is 0.0898. The Morgan fingerprint density at radius 2 is 1.57 bits per heavy atom. The van der Waals surface area contributed by atoms with Gasteiger partial charge in [-0.05, 0) is 37.5 Å². The number of nitrogens with zero attached hydrogens (tertiary/aromatic N) is 1. The van der Waals surface area contributed by atoms with Crippen LogP contribution in [0.5, 0.6) is 0 Å². The van der Waals surface area contributed by atoms with Crippen molar-refractivity contribution in [1.29, 1.82) is 0 Å². The zero-order valence-electron chi connectivity index (χ0n) is 18.5. The van der Waals surface area contributed by atoms with Gasteiger partial charge in [0.05, 0.1) is 0 Å². The molecule has 0 saturated heterocycles. The molecule has 1 N–H and O–H groups in total. The quantitative estimate of drug-likeness (QED) is 0.352. The third-order valence-electron chi connectivity index (χ3n) is 6.23. The van der Waals surface area contributed by atoms with Crippen LogP contribution in [0.1, 0.15) is 62.5 Å².